The summed E-state index contributed by atoms with van der Waals surface area (Å²) >= 11 is 7.07. The average molecular weight is 366 g/mol. The van der Waals surface area contributed by atoms with Gasteiger partial charge in [-0.15, -0.1) is 11.3 Å². The van der Waals surface area contributed by atoms with Crippen LogP contribution in [-0.2, 0) is 16.1 Å². The molecule has 0 spiro atoms. The van der Waals surface area contributed by atoms with Gasteiger partial charge in [-0.25, -0.2) is 18.7 Å². The number of nitrogens with zero attached hydrogens (tertiary/aromatic N) is 3. The zero-order valence-corrected chi connectivity index (χ0v) is 14.1. The Hall–Kier alpha value is -2.45. The molecule has 7 nitrogen and oxygen atoms in total. The Kier molecular flexibility index (Phi) is 4.50. The maximum atomic E-state index is 12.6. The lowest BCUT2D eigenvalue weighted by molar-refractivity contribution is -0.582. The molecule has 124 valence electrons. The number of aromatic nitrogens is 3. The molecule has 3 heterocycles. The molecule has 0 aliphatic carbocycles. The molecule has 0 atom stereocenters. The third-order valence-corrected chi connectivity index (χ3v) is 4.42. The number of imidazole rings is 1. The van der Waals surface area contributed by atoms with Crippen LogP contribution in [-0.4, -0.2) is 27.9 Å². The van der Waals surface area contributed by atoms with Crippen LogP contribution in [0.3, 0.4) is 0 Å². The summed E-state index contributed by atoms with van der Waals surface area (Å²) in [7, 11) is 0. The number of hydrogen-bond acceptors (Lipinski definition) is 6. The van der Waals surface area contributed by atoms with E-state index < -0.39 is 17.6 Å². The largest absolute Gasteiger partial charge is 0.839 e. The quantitative estimate of drug-likeness (QED) is 0.293. The van der Waals surface area contributed by atoms with Crippen molar-refractivity contribution >= 4 is 40.3 Å². The third-order valence-electron chi connectivity index (χ3n) is 3.32. The van der Waals surface area contributed by atoms with Crippen LogP contribution in [0, 0.1) is 0 Å². The molecule has 0 amide bonds. The molecular formula is C15H12ClN3O4S. The van der Waals surface area contributed by atoms with Crippen LogP contribution in [0.1, 0.15) is 22.3 Å². The first-order valence-electron chi connectivity index (χ1n) is 7.04. The first-order chi connectivity index (χ1) is 11.5. The number of pyridine rings is 1. The number of fused-ring (bicyclic) bond motifs is 1. The summed E-state index contributed by atoms with van der Waals surface area (Å²) < 4.78 is 7.89. The van der Waals surface area contributed by atoms with E-state index in [-0.39, 0.29) is 18.8 Å². The van der Waals surface area contributed by atoms with Crippen molar-refractivity contribution in [3.63, 3.8) is 0 Å². The minimum Gasteiger partial charge on any atom is -0.839 e. The summed E-state index contributed by atoms with van der Waals surface area (Å²) in [6, 6.07) is 5.09. The lowest BCUT2D eigenvalue weighted by Gasteiger charge is -2.04. The summed E-state index contributed by atoms with van der Waals surface area (Å²) in [5.74, 6) is -2.60. The SMILES string of the molecule is CCOC(=O)C(=O)c1c([O-])[n+]2ccccc2n1Cc1cnc(Cl)s1. The van der Waals surface area contributed by atoms with E-state index in [4.69, 9.17) is 16.3 Å². The lowest BCUT2D eigenvalue weighted by atomic mass is 10.3. The van der Waals surface area contributed by atoms with Crippen LogP contribution in [0.2, 0.25) is 4.47 Å². The number of esters is 1. The molecule has 0 N–H and O–H groups in total. The van der Waals surface area contributed by atoms with Gasteiger partial charge in [0.25, 0.3) is 5.65 Å². The Labute approximate surface area is 145 Å². The highest BCUT2D eigenvalue weighted by Gasteiger charge is 2.31. The summed E-state index contributed by atoms with van der Waals surface area (Å²) in [6.45, 7) is 1.84. The maximum absolute atomic E-state index is 12.6. The molecule has 0 saturated heterocycles. The van der Waals surface area contributed by atoms with Crippen LogP contribution < -0.4 is 9.51 Å². The molecule has 0 fully saturated rings. The third kappa shape index (κ3) is 2.85. The van der Waals surface area contributed by atoms with Crippen molar-refractivity contribution in [2.24, 2.45) is 0 Å². The van der Waals surface area contributed by atoms with Crippen molar-refractivity contribution in [2.45, 2.75) is 13.5 Å². The number of hydrogen-bond donors (Lipinski definition) is 0. The molecule has 0 aliphatic rings. The summed E-state index contributed by atoms with van der Waals surface area (Å²) in [5.41, 5.74) is 0.240. The fourth-order valence-electron chi connectivity index (χ4n) is 2.36. The second kappa shape index (κ2) is 6.58. The summed E-state index contributed by atoms with van der Waals surface area (Å²) in [6.07, 6.45) is 3.10. The van der Waals surface area contributed by atoms with E-state index in [1.54, 1.807) is 31.3 Å². The second-order valence-corrected chi connectivity index (χ2v) is 6.50. The topological polar surface area (TPSA) is 88.4 Å². The van der Waals surface area contributed by atoms with Gasteiger partial charge in [0.1, 0.15) is 12.4 Å². The molecule has 24 heavy (non-hydrogen) atoms. The maximum Gasteiger partial charge on any atom is 0.383 e. The second-order valence-electron chi connectivity index (χ2n) is 4.80. The molecule has 9 heteroatoms. The Morgan fingerprint density at radius 2 is 2.25 bits per heavy atom. The molecule has 0 saturated carbocycles. The molecule has 3 rings (SSSR count). The van der Waals surface area contributed by atoms with Crippen LogP contribution in [0.15, 0.2) is 30.6 Å². The van der Waals surface area contributed by atoms with Crippen LogP contribution in [0.5, 0.6) is 5.88 Å². The van der Waals surface area contributed by atoms with Gasteiger partial charge in [-0.3, -0.25) is 4.79 Å². The predicted octanol–water partition coefficient (Wildman–Crippen LogP) is 1.20. The van der Waals surface area contributed by atoms with Gasteiger partial charge in [-0.1, -0.05) is 17.7 Å². The van der Waals surface area contributed by atoms with Gasteiger partial charge < -0.3 is 9.84 Å². The molecule has 3 aromatic heterocycles. The fraction of sp³-hybridized carbons (Fsp3) is 0.200. The highest BCUT2D eigenvalue weighted by molar-refractivity contribution is 7.15. The highest BCUT2D eigenvalue weighted by atomic mass is 35.5. The van der Waals surface area contributed by atoms with Crippen molar-refractivity contribution in [3.8, 4) is 5.88 Å². The zero-order valence-electron chi connectivity index (χ0n) is 12.6. The number of thiazole rings is 1. The average Bonchev–Trinajstić information content (AvgIpc) is 3.10. The van der Waals surface area contributed by atoms with E-state index in [9.17, 15) is 14.7 Å². The van der Waals surface area contributed by atoms with Crippen molar-refractivity contribution < 1.29 is 23.8 Å². The molecule has 0 bridgehead atoms. The smallest absolute Gasteiger partial charge is 0.383 e. The van der Waals surface area contributed by atoms with E-state index in [2.05, 4.69) is 4.98 Å². The van der Waals surface area contributed by atoms with E-state index in [0.717, 1.165) is 4.88 Å². The van der Waals surface area contributed by atoms with Crippen molar-refractivity contribution in [2.75, 3.05) is 6.61 Å². The predicted molar refractivity (Wildman–Crippen MR) is 84.2 cm³/mol. The minimum atomic E-state index is -1.05. The van der Waals surface area contributed by atoms with E-state index in [1.807, 2.05) is 0 Å². The molecule has 0 unspecified atom stereocenters. The number of halogens is 1. The molecule has 0 aromatic carbocycles. The number of ketones is 1. The normalized spacial score (nSPS) is 10.9. The number of carbonyl (C=O) groups excluding carboxylic acids is 2. The zero-order chi connectivity index (χ0) is 17.3. The van der Waals surface area contributed by atoms with Crippen molar-refractivity contribution in [1.29, 1.82) is 0 Å². The number of ether oxygens (including phenoxy) is 1. The number of carbonyl (C=O) groups is 2. The number of rotatable bonds is 5. The van der Waals surface area contributed by atoms with Crippen molar-refractivity contribution in [3.05, 3.63) is 45.6 Å². The van der Waals surface area contributed by atoms with Gasteiger partial charge in [0.2, 0.25) is 5.69 Å². The van der Waals surface area contributed by atoms with Gasteiger partial charge >= 0.3 is 11.8 Å². The Morgan fingerprint density at radius 3 is 2.92 bits per heavy atom. The Balaban J connectivity index is 2.15. The standard InChI is InChI=1S/C15H12ClN3O4S/c1-2-23-14(22)12(20)11-13(21)18-6-4-3-5-10(18)19(11)8-9-7-17-15(16)24-9/h3-7H,2,8H2,1H3. The van der Waals surface area contributed by atoms with Gasteiger partial charge in [-0.2, -0.15) is 0 Å². The molecular weight excluding hydrogens is 354 g/mol. The summed E-state index contributed by atoms with van der Waals surface area (Å²) in [5, 5.41) is 12.6. The molecule has 3 aromatic rings. The van der Waals surface area contributed by atoms with Gasteiger partial charge in [0, 0.05) is 12.3 Å². The van der Waals surface area contributed by atoms with E-state index in [0.29, 0.717) is 10.1 Å². The lowest BCUT2D eigenvalue weighted by Crippen LogP contribution is -2.25. The van der Waals surface area contributed by atoms with E-state index in [1.165, 1.54) is 26.5 Å². The summed E-state index contributed by atoms with van der Waals surface area (Å²) in [4.78, 5) is 28.9. The van der Waals surface area contributed by atoms with Crippen LogP contribution in [0.4, 0.5) is 0 Å². The monoisotopic (exact) mass is 365 g/mol. The first kappa shape index (κ1) is 16.4. The fourth-order valence-corrected chi connectivity index (χ4v) is 3.32. The number of Topliss-reactive ketones (excluding diaryl/α,β-unsaturated/α-hetero) is 1. The van der Waals surface area contributed by atoms with E-state index >= 15 is 0 Å². The van der Waals surface area contributed by atoms with Crippen molar-refractivity contribution in [1.82, 2.24) is 9.55 Å². The van der Waals surface area contributed by atoms with Gasteiger partial charge in [0.15, 0.2) is 4.47 Å². The van der Waals surface area contributed by atoms with Gasteiger partial charge in [0.05, 0.1) is 17.7 Å². The Morgan fingerprint density at radius 1 is 1.46 bits per heavy atom. The Bertz CT molecular complexity index is 934. The van der Waals surface area contributed by atoms with Gasteiger partial charge in [-0.05, 0) is 13.0 Å². The van der Waals surface area contributed by atoms with Crippen LogP contribution >= 0.6 is 22.9 Å². The molecule has 0 aliphatic heterocycles. The minimum absolute atomic E-state index is 0.0522. The molecule has 0 radical (unpaired) electrons. The highest BCUT2D eigenvalue weighted by Crippen LogP contribution is 2.23. The van der Waals surface area contributed by atoms with Crippen LogP contribution in [0.25, 0.3) is 5.65 Å². The first-order valence-corrected chi connectivity index (χ1v) is 8.24.